The molecular weight excluding hydrogens is 286 g/mol. The monoisotopic (exact) mass is 307 g/mol. The molecule has 1 atom stereocenters. The summed E-state index contributed by atoms with van der Waals surface area (Å²) < 4.78 is 27.6. The first-order valence-corrected chi connectivity index (χ1v) is 8.54. The molecule has 0 fully saturated rings. The van der Waals surface area contributed by atoms with Crippen LogP contribution >= 0.6 is 0 Å². The smallest absolute Gasteiger partial charge is 0.240 e. The summed E-state index contributed by atoms with van der Waals surface area (Å²) in [5.74, 6) is 0.118. The number of aliphatic hydroxyl groups is 1. The van der Waals surface area contributed by atoms with Gasteiger partial charge in [-0.25, -0.2) is 13.1 Å². The van der Waals surface area contributed by atoms with E-state index in [9.17, 15) is 8.42 Å². The molecule has 2 aromatic carbocycles. The number of hydrogen-bond acceptors (Lipinski definition) is 3. The van der Waals surface area contributed by atoms with Crippen LogP contribution in [-0.4, -0.2) is 26.2 Å². The summed E-state index contributed by atoms with van der Waals surface area (Å²) >= 11 is 0. The Morgan fingerprint density at radius 2 is 1.76 bits per heavy atom. The van der Waals surface area contributed by atoms with E-state index in [2.05, 4.69) is 4.72 Å². The van der Waals surface area contributed by atoms with E-state index in [1.54, 1.807) is 18.2 Å². The van der Waals surface area contributed by atoms with Gasteiger partial charge in [0.05, 0.1) is 4.90 Å². The fourth-order valence-electron chi connectivity index (χ4n) is 2.27. The molecule has 2 N–H and O–H groups in total. The van der Waals surface area contributed by atoms with E-state index in [-0.39, 0.29) is 23.5 Å². The first-order chi connectivity index (χ1) is 9.94. The molecule has 0 amide bonds. The average molecular weight is 307 g/mol. The lowest BCUT2D eigenvalue weighted by Gasteiger charge is -2.21. The molecule has 114 valence electrons. The molecule has 1 unspecified atom stereocenters. The lowest BCUT2D eigenvalue weighted by molar-refractivity contribution is 0.256. The minimum Gasteiger partial charge on any atom is -0.396 e. The quantitative estimate of drug-likeness (QED) is 0.862. The van der Waals surface area contributed by atoms with Gasteiger partial charge in [-0.1, -0.05) is 44.2 Å². The SMILES string of the molecule is CC(C)C(CCO)NS(=O)(=O)c1ccc2ccccc2c1. The van der Waals surface area contributed by atoms with Crippen molar-refractivity contribution in [1.29, 1.82) is 0 Å². The van der Waals surface area contributed by atoms with Crippen LogP contribution in [0, 0.1) is 5.92 Å². The zero-order valence-corrected chi connectivity index (χ0v) is 13.1. The zero-order valence-electron chi connectivity index (χ0n) is 12.3. The Balaban J connectivity index is 2.32. The van der Waals surface area contributed by atoms with E-state index in [1.165, 1.54) is 0 Å². The molecule has 4 nitrogen and oxygen atoms in total. The van der Waals surface area contributed by atoms with Crippen molar-refractivity contribution in [2.45, 2.75) is 31.2 Å². The van der Waals surface area contributed by atoms with E-state index >= 15 is 0 Å². The Morgan fingerprint density at radius 3 is 2.38 bits per heavy atom. The molecule has 2 aromatic rings. The summed E-state index contributed by atoms with van der Waals surface area (Å²) in [6, 6.07) is 12.5. The molecule has 0 saturated carbocycles. The molecule has 0 radical (unpaired) electrons. The van der Waals surface area contributed by atoms with Crippen molar-refractivity contribution in [3.8, 4) is 0 Å². The number of sulfonamides is 1. The maximum atomic E-state index is 12.5. The van der Waals surface area contributed by atoms with Gasteiger partial charge in [0.15, 0.2) is 0 Å². The van der Waals surface area contributed by atoms with Crippen molar-refractivity contribution in [1.82, 2.24) is 4.72 Å². The number of aliphatic hydroxyl groups excluding tert-OH is 1. The Hall–Kier alpha value is -1.43. The van der Waals surface area contributed by atoms with Crippen molar-refractivity contribution >= 4 is 20.8 Å². The van der Waals surface area contributed by atoms with E-state index in [4.69, 9.17) is 5.11 Å². The van der Waals surface area contributed by atoms with Crippen LogP contribution in [0.1, 0.15) is 20.3 Å². The molecular formula is C16H21NO3S. The third-order valence-electron chi connectivity index (χ3n) is 3.58. The Morgan fingerprint density at radius 1 is 1.10 bits per heavy atom. The van der Waals surface area contributed by atoms with Gasteiger partial charge in [0.25, 0.3) is 0 Å². The topological polar surface area (TPSA) is 66.4 Å². The highest BCUT2D eigenvalue weighted by Gasteiger charge is 2.22. The van der Waals surface area contributed by atoms with Gasteiger partial charge < -0.3 is 5.11 Å². The van der Waals surface area contributed by atoms with E-state index in [0.29, 0.717) is 6.42 Å². The minimum absolute atomic E-state index is 0.0386. The second-order valence-electron chi connectivity index (χ2n) is 5.49. The van der Waals surface area contributed by atoms with Gasteiger partial charge in [-0.15, -0.1) is 0 Å². The molecule has 0 bridgehead atoms. The molecule has 0 saturated heterocycles. The summed E-state index contributed by atoms with van der Waals surface area (Å²) in [7, 11) is -3.58. The van der Waals surface area contributed by atoms with Crippen LogP contribution in [0.25, 0.3) is 10.8 Å². The highest BCUT2D eigenvalue weighted by atomic mass is 32.2. The maximum Gasteiger partial charge on any atom is 0.240 e. The molecule has 5 heteroatoms. The van der Waals surface area contributed by atoms with Gasteiger partial charge in [-0.05, 0) is 35.2 Å². The predicted octanol–water partition coefficient (Wildman–Crippen LogP) is 2.53. The van der Waals surface area contributed by atoms with Crippen LogP contribution in [-0.2, 0) is 10.0 Å². The van der Waals surface area contributed by atoms with Crippen molar-refractivity contribution < 1.29 is 13.5 Å². The Bertz CT molecular complexity index is 710. The Labute approximate surface area is 125 Å². The summed E-state index contributed by atoms with van der Waals surface area (Å²) in [4.78, 5) is 0.254. The van der Waals surface area contributed by atoms with Crippen LogP contribution in [0.2, 0.25) is 0 Å². The highest BCUT2D eigenvalue weighted by molar-refractivity contribution is 7.89. The molecule has 0 aliphatic heterocycles. The number of hydrogen-bond donors (Lipinski definition) is 2. The lowest BCUT2D eigenvalue weighted by atomic mass is 10.0. The fraction of sp³-hybridized carbons (Fsp3) is 0.375. The molecule has 0 spiro atoms. The predicted molar refractivity (Wildman–Crippen MR) is 84.6 cm³/mol. The zero-order chi connectivity index (χ0) is 15.5. The van der Waals surface area contributed by atoms with Gasteiger partial charge in [0, 0.05) is 12.6 Å². The largest absolute Gasteiger partial charge is 0.396 e. The lowest BCUT2D eigenvalue weighted by Crippen LogP contribution is -2.39. The van der Waals surface area contributed by atoms with Crippen molar-refractivity contribution in [3.05, 3.63) is 42.5 Å². The minimum atomic E-state index is -3.58. The van der Waals surface area contributed by atoms with Crippen molar-refractivity contribution in [3.63, 3.8) is 0 Å². The number of benzene rings is 2. The second kappa shape index (κ2) is 6.56. The summed E-state index contributed by atoms with van der Waals surface area (Å²) in [5.41, 5.74) is 0. The second-order valence-corrected chi connectivity index (χ2v) is 7.21. The first kappa shape index (κ1) is 15.9. The highest BCUT2D eigenvalue weighted by Crippen LogP contribution is 2.20. The molecule has 0 aromatic heterocycles. The molecule has 2 rings (SSSR count). The van der Waals surface area contributed by atoms with Crippen LogP contribution < -0.4 is 4.72 Å². The van der Waals surface area contributed by atoms with Crippen LogP contribution in [0.15, 0.2) is 47.4 Å². The summed E-state index contributed by atoms with van der Waals surface area (Å²) in [5, 5.41) is 11.0. The molecule has 0 aliphatic carbocycles. The van der Waals surface area contributed by atoms with Gasteiger partial charge in [-0.3, -0.25) is 0 Å². The molecule has 21 heavy (non-hydrogen) atoms. The summed E-state index contributed by atoms with van der Waals surface area (Å²) in [6.07, 6.45) is 0.407. The van der Waals surface area contributed by atoms with Crippen LogP contribution in [0.3, 0.4) is 0 Å². The normalized spacial score (nSPS) is 13.7. The van der Waals surface area contributed by atoms with Crippen LogP contribution in [0.4, 0.5) is 0 Å². The summed E-state index contributed by atoms with van der Waals surface area (Å²) in [6.45, 7) is 3.83. The van der Waals surface area contributed by atoms with Crippen molar-refractivity contribution in [2.24, 2.45) is 5.92 Å². The third-order valence-corrected chi connectivity index (χ3v) is 5.07. The first-order valence-electron chi connectivity index (χ1n) is 7.06. The maximum absolute atomic E-state index is 12.5. The standard InChI is InChI=1S/C16H21NO3S/c1-12(2)16(9-10-18)17-21(19,20)15-8-7-13-5-3-4-6-14(13)11-15/h3-8,11-12,16-18H,9-10H2,1-2H3. The molecule has 0 heterocycles. The van der Waals surface area contributed by atoms with Crippen molar-refractivity contribution in [2.75, 3.05) is 6.61 Å². The van der Waals surface area contributed by atoms with E-state index in [1.807, 2.05) is 38.1 Å². The number of fused-ring (bicyclic) bond motifs is 1. The average Bonchev–Trinajstić information content (AvgIpc) is 2.46. The Kier molecular flexibility index (Phi) is 4.98. The third kappa shape index (κ3) is 3.81. The van der Waals surface area contributed by atoms with Gasteiger partial charge in [0.1, 0.15) is 0 Å². The van der Waals surface area contributed by atoms with Crippen LogP contribution in [0.5, 0.6) is 0 Å². The van der Waals surface area contributed by atoms with Gasteiger partial charge in [0.2, 0.25) is 10.0 Å². The number of nitrogens with one attached hydrogen (secondary N) is 1. The van der Waals surface area contributed by atoms with Gasteiger partial charge >= 0.3 is 0 Å². The number of rotatable bonds is 6. The van der Waals surface area contributed by atoms with Gasteiger partial charge in [-0.2, -0.15) is 0 Å². The van der Waals surface area contributed by atoms with E-state index in [0.717, 1.165) is 10.8 Å². The van der Waals surface area contributed by atoms with E-state index < -0.39 is 10.0 Å². The fourth-order valence-corrected chi connectivity index (χ4v) is 3.72. The molecule has 0 aliphatic rings.